The summed E-state index contributed by atoms with van der Waals surface area (Å²) in [5, 5.41) is 25.9. The number of anilines is 1. The van der Waals surface area contributed by atoms with Gasteiger partial charge < -0.3 is 0 Å². The molecule has 0 bridgehead atoms. The third-order valence-electron chi connectivity index (χ3n) is 3.26. The molecular weight excluding hydrogens is 330 g/mol. The molecule has 7 nitrogen and oxygen atoms in total. The van der Waals surface area contributed by atoms with E-state index < -0.39 is 4.92 Å². The maximum absolute atomic E-state index is 10.8. The zero-order chi connectivity index (χ0) is 17.7. The highest BCUT2D eigenvalue weighted by atomic mass is 35.5. The molecule has 122 valence electrons. The van der Waals surface area contributed by atoms with E-state index in [1.54, 1.807) is 30.1 Å². The van der Waals surface area contributed by atoms with Gasteiger partial charge >= 0.3 is 0 Å². The van der Waals surface area contributed by atoms with Gasteiger partial charge in [0.05, 0.1) is 16.7 Å². The Balaban J connectivity index is 2.31. The lowest BCUT2D eigenvalue weighted by molar-refractivity contribution is -0.384. The molecule has 1 heterocycles. The summed E-state index contributed by atoms with van der Waals surface area (Å²) >= 11 is 6.02. The third kappa shape index (κ3) is 3.86. The Kier molecular flexibility index (Phi) is 5.45. The van der Waals surface area contributed by atoms with Gasteiger partial charge in [0, 0.05) is 24.2 Å². The second-order valence-electron chi connectivity index (χ2n) is 4.89. The van der Waals surface area contributed by atoms with E-state index in [0.717, 1.165) is 0 Å². The number of nitro groups is 1. The summed E-state index contributed by atoms with van der Waals surface area (Å²) in [6.07, 6.45) is 1.51. The molecular formula is C16H14ClN5O2. The highest BCUT2D eigenvalue weighted by Crippen LogP contribution is 2.23. The Morgan fingerprint density at radius 2 is 2.25 bits per heavy atom. The van der Waals surface area contributed by atoms with Crippen molar-refractivity contribution in [2.75, 3.05) is 11.6 Å². The van der Waals surface area contributed by atoms with E-state index in [0.29, 0.717) is 29.1 Å². The van der Waals surface area contributed by atoms with Gasteiger partial charge in [0.1, 0.15) is 11.2 Å². The number of hydrogen-bond donors (Lipinski definition) is 0. The monoisotopic (exact) mass is 343 g/mol. The van der Waals surface area contributed by atoms with Crippen LogP contribution in [0.15, 0.2) is 35.4 Å². The van der Waals surface area contributed by atoms with Crippen LogP contribution in [0.25, 0.3) is 0 Å². The van der Waals surface area contributed by atoms with Crippen molar-refractivity contribution in [3.05, 3.63) is 62.3 Å². The van der Waals surface area contributed by atoms with E-state index in [1.165, 1.54) is 18.3 Å². The van der Waals surface area contributed by atoms with Crippen LogP contribution in [0, 0.1) is 28.4 Å². The maximum Gasteiger partial charge on any atom is 0.270 e. The molecule has 0 fully saturated rings. The fourth-order valence-corrected chi connectivity index (χ4v) is 2.32. The molecule has 1 aromatic carbocycles. The van der Waals surface area contributed by atoms with Gasteiger partial charge in [-0.2, -0.15) is 10.4 Å². The van der Waals surface area contributed by atoms with Crippen molar-refractivity contribution in [3.63, 3.8) is 0 Å². The van der Waals surface area contributed by atoms with Crippen molar-refractivity contribution in [2.45, 2.75) is 13.8 Å². The molecule has 0 amide bonds. The molecule has 0 aliphatic rings. The molecule has 8 heteroatoms. The van der Waals surface area contributed by atoms with Gasteiger partial charge in [-0.3, -0.25) is 10.1 Å². The van der Waals surface area contributed by atoms with Crippen LogP contribution in [0.5, 0.6) is 0 Å². The minimum absolute atomic E-state index is 0.00242. The lowest BCUT2D eigenvalue weighted by atomic mass is 10.2. The van der Waals surface area contributed by atoms with Crippen molar-refractivity contribution in [3.8, 4) is 6.07 Å². The van der Waals surface area contributed by atoms with Gasteiger partial charge in [0.2, 0.25) is 0 Å². The maximum atomic E-state index is 10.8. The van der Waals surface area contributed by atoms with E-state index in [9.17, 15) is 10.1 Å². The van der Waals surface area contributed by atoms with E-state index >= 15 is 0 Å². The minimum atomic E-state index is -0.458. The molecule has 0 saturated carbocycles. The van der Waals surface area contributed by atoms with Gasteiger partial charge in [0.25, 0.3) is 5.69 Å². The summed E-state index contributed by atoms with van der Waals surface area (Å²) in [5.41, 5.74) is 1.63. The molecule has 0 atom stereocenters. The van der Waals surface area contributed by atoms with Gasteiger partial charge in [-0.05, 0) is 25.5 Å². The number of rotatable bonds is 5. The van der Waals surface area contributed by atoms with E-state index in [-0.39, 0.29) is 10.8 Å². The van der Waals surface area contributed by atoms with Crippen molar-refractivity contribution in [2.24, 2.45) is 5.10 Å². The SMILES string of the molecule is CCN(/N=C/c1cccc([N+](=O)[O-])c1)c1cc(C)c(C#N)c(Cl)n1. The number of aryl methyl sites for hydroxylation is 1. The first-order valence-corrected chi connectivity index (χ1v) is 7.47. The molecule has 0 aliphatic carbocycles. The minimum Gasteiger partial charge on any atom is -0.258 e. The number of nitriles is 1. The standard InChI is InChI=1S/C16H14ClN5O2/c1-3-21(15-7-11(2)14(9-18)16(17)20-15)19-10-12-5-4-6-13(8-12)22(23)24/h4-8,10H,3H2,1-2H3/b19-10+. The third-order valence-corrected chi connectivity index (χ3v) is 3.54. The molecule has 0 radical (unpaired) electrons. The number of nitro benzene ring substituents is 1. The quantitative estimate of drug-likeness (QED) is 0.357. The Hall–Kier alpha value is -2.98. The first-order chi connectivity index (χ1) is 11.5. The lowest BCUT2D eigenvalue weighted by Gasteiger charge is -2.17. The zero-order valence-electron chi connectivity index (χ0n) is 13.1. The van der Waals surface area contributed by atoms with Crippen molar-refractivity contribution in [1.29, 1.82) is 5.26 Å². The Morgan fingerprint density at radius 3 is 2.83 bits per heavy atom. The van der Waals surface area contributed by atoms with Gasteiger partial charge in [0.15, 0.2) is 5.82 Å². The van der Waals surface area contributed by atoms with Crippen LogP contribution in [0.4, 0.5) is 11.5 Å². The molecule has 2 rings (SSSR count). The van der Waals surface area contributed by atoms with Crippen molar-refractivity contribution < 1.29 is 4.92 Å². The number of non-ortho nitro benzene ring substituents is 1. The Bertz CT molecular complexity index is 822. The predicted octanol–water partition coefficient (Wildman–Crippen LogP) is 3.68. The Labute approximate surface area is 144 Å². The van der Waals surface area contributed by atoms with E-state index in [1.807, 2.05) is 13.0 Å². The summed E-state index contributed by atoms with van der Waals surface area (Å²) in [4.78, 5) is 14.5. The highest BCUT2D eigenvalue weighted by Gasteiger charge is 2.12. The first kappa shape index (κ1) is 17.4. The summed E-state index contributed by atoms with van der Waals surface area (Å²) in [6, 6.07) is 9.89. The normalized spacial score (nSPS) is 10.6. The van der Waals surface area contributed by atoms with Crippen LogP contribution in [-0.2, 0) is 0 Å². The zero-order valence-corrected chi connectivity index (χ0v) is 13.9. The number of pyridine rings is 1. The van der Waals surface area contributed by atoms with Crippen LogP contribution in [0.2, 0.25) is 5.15 Å². The van der Waals surface area contributed by atoms with Crippen LogP contribution in [0.3, 0.4) is 0 Å². The number of hydrazone groups is 1. The molecule has 0 unspecified atom stereocenters. The summed E-state index contributed by atoms with van der Waals surface area (Å²) < 4.78 is 0. The number of hydrogen-bond acceptors (Lipinski definition) is 6. The predicted molar refractivity (Wildman–Crippen MR) is 92.4 cm³/mol. The number of nitrogens with zero attached hydrogens (tertiary/aromatic N) is 5. The molecule has 0 N–H and O–H groups in total. The average Bonchev–Trinajstić information content (AvgIpc) is 2.55. The molecule has 2 aromatic rings. The fraction of sp³-hybridized carbons (Fsp3) is 0.188. The summed E-state index contributed by atoms with van der Waals surface area (Å²) in [6.45, 7) is 4.17. The fourth-order valence-electron chi connectivity index (χ4n) is 2.04. The van der Waals surface area contributed by atoms with Crippen LogP contribution < -0.4 is 5.01 Å². The van der Waals surface area contributed by atoms with Gasteiger partial charge in [-0.15, -0.1) is 0 Å². The molecule has 24 heavy (non-hydrogen) atoms. The van der Waals surface area contributed by atoms with E-state index in [2.05, 4.69) is 10.1 Å². The summed E-state index contributed by atoms with van der Waals surface area (Å²) in [7, 11) is 0. The number of halogens is 1. The van der Waals surface area contributed by atoms with Crippen LogP contribution in [-0.4, -0.2) is 22.7 Å². The van der Waals surface area contributed by atoms with Crippen molar-refractivity contribution >= 4 is 29.3 Å². The second kappa shape index (κ2) is 7.53. The van der Waals surface area contributed by atoms with Crippen LogP contribution in [0.1, 0.15) is 23.6 Å². The van der Waals surface area contributed by atoms with E-state index in [4.69, 9.17) is 16.9 Å². The smallest absolute Gasteiger partial charge is 0.258 e. The van der Waals surface area contributed by atoms with Gasteiger partial charge in [-0.25, -0.2) is 9.99 Å². The molecule has 0 aliphatic heterocycles. The van der Waals surface area contributed by atoms with Crippen LogP contribution >= 0.6 is 11.6 Å². The van der Waals surface area contributed by atoms with Crippen molar-refractivity contribution in [1.82, 2.24) is 4.98 Å². The number of aromatic nitrogens is 1. The number of benzene rings is 1. The summed E-state index contributed by atoms with van der Waals surface area (Å²) in [5.74, 6) is 0.501. The lowest BCUT2D eigenvalue weighted by Crippen LogP contribution is -2.17. The first-order valence-electron chi connectivity index (χ1n) is 7.09. The Morgan fingerprint density at radius 1 is 1.50 bits per heavy atom. The molecule has 0 spiro atoms. The molecule has 0 saturated heterocycles. The topological polar surface area (TPSA) is 95.4 Å². The molecule has 1 aromatic heterocycles. The van der Waals surface area contributed by atoms with Gasteiger partial charge in [-0.1, -0.05) is 23.7 Å². The highest BCUT2D eigenvalue weighted by molar-refractivity contribution is 6.30. The largest absolute Gasteiger partial charge is 0.270 e. The second-order valence-corrected chi connectivity index (χ2v) is 5.25. The average molecular weight is 344 g/mol.